The summed E-state index contributed by atoms with van der Waals surface area (Å²) in [6.45, 7) is 8.38. The van der Waals surface area contributed by atoms with Gasteiger partial charge < -0.3 is 9.64 Å². The van der Waals surface area contributed by atoms with Gasteiger partial charge in [0.05, 0.1) is 11.6 Å². The highest BCUT2D eigenvalue weighted by Gasteiger charge is 2.21. The summed E-state index contributed by atoms with van der Waals surface area (Å²) in [6, 6.07) is 5.84. The Bertz CT molecular complexity index is 529. The van der Waals surface area contributed by atoms with Crippen molar-refractivity contribution in [3.63, 3.8) is 0 Å². The second-order valence-electron chi connectivity index (χ2n) is 6.01. The third-order valence-electron chi connectivity index (χ3n) is 4.11. The molecule has 1 aliphatic rings. The van der Waals surface area contributed by atoms with Crippen LogP contribution in [-0.4, -0.2) is 54.5 Å². The normalized spacial score (nSPS) is 16.0. The van der Waals surface area contributed by atoms with Gasteiger partial charge in [0.2, 0.25) is 5.91 Å². The smallest absolute Gasteiger partial charge is 0.222 e. The summed E-state index contributed by atoms with van der Waals surface area (Å²) in [5.41, 5.74) is 0. The van der Waals surface area contributed by atoms with E-state index in [0.29, 0.717) is 41.3 Å². The van der Waals surface area contributed by atoms with Crippen molar-refractivity contribution in [2.24, 2.45) is 0 Å². The number of carbonyl (C=O) groups is 1. The summed E-state index contributed by atoms with van der Waals surface area (Å²) < 4.78 is 5.61. The average molecular weight is 359 g/mol. The first-order valence-corrected chi connectivity index (χ1v) is 8.83. The van der Waals surface area contributed by atoms with Gasteiger partial charge in [-0.05, 0) is 32.4 Å². The molecule has 1 fully saturated rings. The summed E-state index contributed by atoms with van der Waals surface area (Å²) in [5, 5.41) is 0.897. The molecule has 0 aliphatic carbocycles. The zero-order valence-corrected chi connectivity index (χ0v) is 15.2. The predicted octanol–water partition coefficient (Wildman–Crippen LogP) is 3.71. The molecule has 2 rings (SSSR count). The molecule has 128 valence electrons. The Hall–Kier alpha value is -0.970. The lowest BCUT2D eigenvalue weighted by molar-refractivity contribution is -0.133. The predicted molar refractivity (Wildman–Crippen MR) is 94.5 cm³/mol. The number of benzene rings is 1. The molecule has 1 heterocycles. The molecule has 1 saturated heterocycles. The SMILES string of the molecule is CC(C)N1CCN(C(=O)CCCOc2cccc(Cl)c2Cl)CC1. The van der Waals surface area contributed by atoms with Gasteiger partial charge in [-0.1, -0.05) is 29.3 Å². The second-order valence-corrected chi connectivity index (χ2v) is 6.80. The molecule has 0 spiro atoms. The van der Waals surface area contributed by atoms with Gasteiger partial charge in [-0.2, -0.15) is 0 Å². The van der Waals surface area contributed by atoms with Gasteiger partial charge in [-0.15, -0.1) is 0 Å². The average Bonchev–Trinajstić information content (AvgIpc) is 2.55. The molecule has 1 aromatic rings. The third-order valence-corrected chi connectivity index (χ3v) is 4.91. The number of hydrogen-bond donors (Lipinski definition) is 0. The van der Waals surface area contributed by atoms with Gasteiger partial charge in [-0.3, -0.25) is 9.69 Å². The number of hydrogen-bond acceptors (Lipinski definition) is 3. The van der Waals surface area contributed by atoms with Crippen LogP contribution in [0.3, 0.4) is 0 Å². The van der Waals surface area contributed by atoms with Crippen LogP contribution in [0.5, 0.6) is 5.75 Å². The van der Waals surface area contributed by atoms with Crippen LogP contribution in [0.25, 0.3) is 0 Å². The molecule has 0 bridgehead atoms. The molecular weight excluding hydrogens is 335 g/mol. The molecule has 0 radical (unpaired) electrons. The molecule has 6 heteroatoms. The molecule has 1 aromatic carbocycles. The van der Waals surface area contributed by atoms with E-state index in [9.17, 15) is 4.79 Å². The molecule has 1 aliphatic heterocycles. The van der Waals surface area contributed by atoms with Crippen molar-refractivity contribution in [1.82, 2.24) is 9.80 Å². The van der Waals surface area contributed by atoms with E-state index in [2.05, 4.69) is 18.7 Å². The maximum Gasteiger partial charge on any atom is 0.222 e. The Labute approximate surface area is 148 Å². The van der Waals surface area contributed by atoms with Crippen LogP contribution in [0.2, 0.25) is 10.0 Å². The van der Waals surface area contributed by atoms with E-state index in [-0.39, 0.29) is 5.91 Å². The minimum atomic E-state index is 0.203. The summed E-state index contributed by atoms with van der Waals surface area (Å²) in [4.78, 5) is 16.6. The number of amides is 1. The van der Waals surface area contributed by atoms with Crippen molar-refractivity contribution in [3.05, 3.63) is 28.2 Å². The number of rotatable bonds is 6. The fourth-order valence-electron chi connectivity index (χ4n) is 2.65. The fraction of sp³-hybridized carbons (Fsp3) is 0.588. The van der Waals surface area contributed by atoms with Gasteiger partial charge >= 0.3 is 0 Å². The number of carbonyl (C=O) groups excluding carboxylic acids is 1. The zero-order chi connectivity index (χ0) is 16.8. The van der Waals surface area contributed by atoms with Crippen molar-refractivity contribution in [3.8, 4) is 5.75 Å². The van der Waals surface area contributed by atoms with Crippen molar-refractivity contribution < 1.29 is 9.53 Å². The molecule has 23 heavy (non-hydrogen) atoms. The van der Waals surface area contributed by atoms with Gasteiger partial charge in [0.15, 0.2) is 0 Å². The lowest BCUT2D eigenvalue weighted by Crippen LogP contribution is -2.50. The maximum atomic E-state index is 12.2. The van der Waals surface area contributed by atoms with Gasteiger partial charge in [0, 0.05) is 38.6 Å². The highest BCUT2D eigenvalue weighted by molar-refractivity contribution is 6.42. The van der Waals surface area contributed by atoms with Crippen molar-refractivity contribution in [2.45, 2.75) is 32.7 Å². The Morgan fingerprint density at radius 3 is 2.57 bits per heavy atom. The zero-order valence-electron chi connectivity index (χ0n) is 13.7. The van der Waals surface area contributed by atoms with E-state index < -0.39 is 0 Å². The van der Waals surface area contributed by atoms with Crippen LogP contribution in [0, 0.1) is 0 Å². The van der Waals surface area contributed by atoms with E-state index in [1.165, 1.54) is 0 Å². The van der Waals surface area contributed by atoms with Crippen LogP contribution in [0.1, 0.15) is 26.7 Å². The number of halogens is 2. The van der Waals surface area contributed by atoms with Gasteiger partial charge in [0.25, 0.3) is 0 Å². The molecular formula is C17H24Cl2N2O2. The van der Waals surface area contributed by atoms with E-state index in [0.717, 1.165) is 26.2 Å². The van der Waals surface area contributed by atoms with Crippen molar-refractivity contribution in [2.75, 3.05) is 32.8 Å². The van der Waals surface area contributed by atoms with Crippen LogP contribution < -0.4 is 4.74 Å². The first-order chi connectivity index (χ1) is 11.0. The minimum Gasteiger partial charge on any atom is -0.492 e. The topological polar surface area (TPSA) is 32.8 Å². The summed E-state index contributed by atoms with van der Waals surface area (Å²) >= 11 is 12.0. The number of ether oxygens (including phenoxy) is 1. The quantitative estimate of drug-likeness (QED) is 0.726. The first-order valence-electron chi connectivity index (χ1n) is 8.07. The molecule has 0 atom stereocenters. The molecule has 0 unspecified atom stereocenters. The highest BCUT2D eigenvalue weighted by atomic mass is 35.5. The Kier molecular flexibility index (Phi) is 7.00. The number of piperazine rings is 1. The van der Waals surface area contributed by atoms with E-state index >= 15 is 0 Å². The van der Waals surface area contributed by atoms with Crippen LogP contribution in [-0.2, 0) is 4.79 Å². The van der Waals surface area contributed by atoms with E-state index in [1.807, 2.05) is 4.90 Å². The van der Waals surface area contributed by atoms with Crippen molar-refractivity contribution >= 4 is 29.1 Å². The number of nitrogens with zero attached hydrogens (tertiary/aromatic N) is 2. The highest BCUT2D eigenvalue weighted by Crippen LogP contribution is 2.31. The molecule has 4 nitrogen and oxygen atoms in total. The van der Waals surface area contributed by atoms with E-state index in [4.69, 9.17) is 27.9 Å². The van der Waals surface area contributed by atoms with Gasteiger partial charge in [-0.25, -0.2) is 0 Å². The molecule has 0 aromatic heterocycles. The third kappa shape index (κ3) is 5.27. The first kappa shape index (κ1) is 18.4. The van der Waals surface area contributed by atoms with Crippen LogP contribution in [0.4, 0.5) is 0 Å². The summed E-state index contributed by atoms with van der Waals surface area (Å²) in [7, 11) is 0. The maximum absolute atomic E-state index is 12.2. The fourth-order valence-corrected chi connectivity index (χ4v) is 2.99. The lowest BCUT2D eigenvalue weighted by atomic mass is 10.2. The Morgan fingerprint density at radius 2 is 1.91 bits per heavy atom. The van der Waals surface area contributed by atoms with E-state index in [1.54, 1.807) is 18.2 Å². The largest absolute Gasteiger partial charge is 0.492 e. The van der Waals surface area contributed by atoms with Crippen LogP contribution in [0.15, 0.2) is 18.2 Å². The van der Waals surface area contributed by atoms with Crippen molar-refractivity contribution in [1.29, 1.82) is 0 Å². The Balaban J connectivity index is 1.68. The monoisotopic (exact) mass is 358 g/mol. The van der Waals surface area contributed by atoms with Crippen LogP contribution >= 0.6 is 23.2 Å². The summed E-state index contributed by atoms with van der Waals surface area (Å²) in [5.74, 6) is 0.770. The molecule has 1 amide bonds. The standard InChI is InChI=1S/C17H24Cl2N2O2/c1-13(2)20-8-10-21(11-9-20)16(22)7-4-12-23-15-6-3-5-14(18)17(15)19/h3,5-6,13H,4,7-12H2,1-2H3. The molecule has 0 saturated carbocycles. The lowest BCUT2D eigenvalue weighted by Gasteiger charge is -2.37. The van der Waals surface area contributed by atoms with Gasteiger partial charge in [0.1, 0.15) is 10.8 Å². The molecule has 0 N–H and O–H groups in total. The second kappa shape index (κ2) is 8.76. The Morgan fingerprint density at radius 1 is 1.22 bits per heavy atom. The minimum absolute atomic E-state index is 0.203. The summed E-state index contributed by atoms with van der Waals surface area (Å²) in [6.07, 6.45) is 1.17.